The summed E-state index contributed by atoms with van der Waals surface area (Å²) < 4.78 is 54.9. The van der Waals surface area contributed by atoms with Crippen LogP contribution >= 0.6 is 0 Å². The molecular weight excluding hydrogens is 733 g/mol. The molecule has 16 heteroatoms. The molecule has 0 aliphatic carbocycles. The van der Waals surface area contributed by atoms with E-state index in [9.17, 15) is 27.9 Å². The predicted molar refractivity (Wildman–Crippen MR) is 205 cm³/mol. The molecule has 1 aromatic rings. The molecule has 1 aromatic carbocycles. The second-order valence-electron chi connectivity index (χ2n) is 16.5. The summed E-state index contributed by atoms with van der Waals surface area (Å²) in [5.41, 5.74) is -1.39. The van der Waals surface area contributed by atoms with Crippen molar-refractivity contribution in [3.63, 3.8) is 0 Å². The fourth-order valence-corrected chi connectivity index (χ4v) is 9.02. The molecule has 13 atom stereocenters. The van der Waals surface area contributed by atoms with Gasteiger partial charge >= 0.3 is 12.1 Å². The van der Waals surface area contributed by atoms with Crippen LogP contribution in [-0.4, -0.2) is 137 Å². The Kier molecular flexibility index (Phi) is 14.9. The number of rotatable bonds is 10. The number of esters is 1. The monoisotopic (exact) mass is 796 g/mol. The Morgan fingerprint density at radius 1 is 1.07 bits per heavy atom. The molecular formula is C39H64N4O11S. The minimum absolute atomic E-state index is 0.0253. The number of nitrogens with one attached hydrogen (secondary N) is 3. The van der Waals surface area contributed by atoms with Gasteiger partial charge in [-0.25, -0.2) is 13.2 Å². The van der Waals surface area contributed by atoms with E-state index < -0.39 is 87.5 Å². The van der Waals surface area contributed by atoms with E-state index in [-0.39, 0.29) is 22.9 Å². The zero-order valence-corrected chi connectivity index (χ0v) is 35.1. The molecule has 0 spiro atoms. The van der Waals surface area contributed by atoms with E-state index in [2.05, 4.69) is 22.9 Å². The molecule has 3 heterocycles. The lowest BCUT2D eigenvalue weighted by Crippen LogP contribution is -2.60. The maximum absolute atomic E-state index is 14.3. The van der Waals surface area contributed by atoms with Crippen LogP contribution in [0.25, 0.3) is 0 Å². The molecule has 3 aliphatic heterocycles. The Bertz CT molecular complexity index is 1600. The summed E-state index contributed by atoms with van der Waals surface area (Å²) in [6, 6.07) is 5.52. The molecule has 3 fully saturated rings. The van der Waals surface area contributed by atoms with Gasteiger partial charge in [0, 0.05) is 44.5 Å². The summed E-state index contributed by atoms with van der Waals surface area (Å²) in [6.07, 6.45) is -2.60. The molecule has 4 rings (SSSR count). The normalized spacial score (nSPS) is 38.3. The van der Waals surface area contributed by atoms with Gasteiger partial charge in [-0.15, -0.1) is 0 Å². The zero-order valence-electron chi connectivity index (χ0n) is 34.3. The number of ketones is 1. The summed E-state index contributed by atoms with van der Waals surface area (Å²) in [7, 11) is 1.99. The van der Waals surface area contributed by atoms with Gasteiger partial charge < -0.3 is 49.6 Å². The smallest absolute Gasteiger partial charge is 0.408 e. The molecule has 15 nitrogen and oxygen atoms in total. The number of aliphatic hydroxyl groups excluding tert-OH is 1. The van der Waals surface area contributed by atoms with Crippen LogP contribution in [0, 0.1) is 17.8 Å². The highest BCUT2D eigenvalue weighted by Crippen LogP contribution is 2.37. The van der Waals surface area contributed by atoms with Crippen molar-refractivity contribution in [2.75, 3.05) is 40.6 Å². The zero-order chi connectivity index (χ0) is 41.0. The molecule has 312 valence electrons. The number of hydrogen-bond donors (Lipinski definition) is 4. The van der Waals surface area contributed by atoms with E-state index in [4.69, 9.17) is 23.7 Å². The van der Waals surface area contributed by atoms with Crippen LogP contribution < -0.4 is 16.0 Å². The first kappa shape index (κ1) is 45.0. The molecule has 4 N–H and O–H groups in total. The van der Waals surface area contributed by atoms with E-state index in [0.717, 1.165) is 5.56 Å². The second kappa shape index (κ2) is 18.3. The number of nitrogens with zero attached hydrogens (tertiary/aromatic N) is 1. The lowest BCUT2D eigenvalue weighted by molar-refractivity contribution is -0.297. The van der Waals surface area contributed by atoms with Crippen LogP contribution in [0.1, 0.15) is 73.3 Å². The molecule has 0 aromatic heterocycles. The van der Waals surface area contributed by atoms with Crippen LogP contribution in [0.2, 0.25) is 0 Å². The van der Waals surface area contributed by atoms with E-state index in [0.29, 0.717) is 38.9 Å². The standard InChI is InChI=1S/C39H64N4O11S/c1-12-30-39(7)33(42-37(47)54-39)25(5)41-19-22(2)18-38(6,50-10)34(23(3)31(44)24(4)35(46)52-30)53-36-32(45)29(43(8)9)17-27(51-36)21-40-20-26-13-15-28(16-14-26)55(11,48)49/h13-16,22-25,27,29-30,32-34,36,40-41,45H,12,17-21H2,1-11H3,(H,42,47)/t22-,23+,24?,25-,27+,29?,30+,32?,33-,34-,36+,38-,39-/m1/s1. The number of sulfone groups is 1. The molecule has 0 saturated carbocycles. The van der Waals surface area contributed by atoms with Gasteiger partial charge in [-0.1, -0.05) is 32.9 Å². The van der Waals surface area contributed by atoms with E-state index in [1.807, 2.05) is 39.8 Å². The van der Waals surface area contributed by atoms with Crippen LogP contribution in [0.4, 0.5) is 4.79 Å². The number of ether oxygens (including phenoxy) is 5. The third kappa shape index (κ3) is 10.4. The molecule has 0 bridgehead atoms. The number of likely N-dealkylation sites (N-methyl/N-ethyl adjacent to an activating group) is 1. The number of hydrogen-bond acceptors (Lipinski definition) is 14. The van der Waals surface area contributed by atoms with E-state index in [1.54, 1.807) is 45.2 Å². The van der Waals surface area contributed by atoms with Crippen molar-refractivity contribution in [2.24, 2.45) is 17.8 Å². The van der Waals surface area contributed by atoms with Crippen LogP contribution in [0.15, 0.2) is 29.2 Å². The first-order valence-corrected chi connectivity index (χ1v) is 21.2. The quantitative estimate of drug-likeness (QED) is 0.200. The summed E-state index contributed by atoms with van der Waals surface area (Å²) in [5.74, 6) is -3.31. The van der Waals surface area contributed by atoms with Gasteiger partial charge in [0.1, 0.15) is 18.1 Å². The number of aliphatic hydroxyl groups is 1. The summed E-state index contributed by atoms with van der Waals surface area (Å²) in [6.45, 7) is 14.0. The van der Waals surface area contributed by atoms with Crippen molar-refractivity contribution in [3.05, 3.63) is 29.8 Å². The third-order valence-corrected chi connectivity index (χ3v) is 12.9. The minimum Gasteiger partial charge on any atom is -0.458 e. The first-order chi connectivity index (χ1) is 25.6. The summed E-state index contributed by atoms with van der Waals surface area (Å²) >= 11 is 0. The van der Waals surface area contributed by atoms with Crippen molar-refractivity contribution in [2.45, 2.75) is 139 Å². The Labute approximate surface area is 326 Å². The maximum Gasteiger partial charge on any atom is 0.408 e. The number of Topliss-reactive ketones (excluding diaryl/α,β-unsaturated/α-hetero) is 1. The average Bonchev–Trinajstić information content (AvgIpc) is 3.45. The van der Waals surface area contributed by atoms with Gasteiger partial charge in [-0.05, 0) is 91.2 Å². The Balaban J connectivity index is 1.61. The van der Waals surface area contributed by atoms with Gasteiger partial charge in [0.05, 0.1) is 28.7 Å². The van der Waals surface area contributed by atoms with Crippen LogP contribution in [0.3, 0.4) is 0 Å². The van der Waals surface area contributed by atoms with Gasteiger partial charge in [-0.2, -0.15) is 0 Å². The number of amides is 1. The fourth-order valence-electron chi connectivity index (χ4n) is 8.39. The lowest BCUT2D eigenvalue weighted by atomic mass is 9.78. The van der Waals surface area contributed by atoms with E-state index >= 15 is 0 Å². The highest BCUT2D eigenvalue weighted by Gasteiger charge is 2.55. The Morgan fingerprint density at radius 3 is 2.31 bits per heavy atom. The molecule has 1 amide bonds. The van der Waals surface area contributed by atoms with E-state index in [1.165, 1.54) is 13.2 Å². The fraction of sp³-hybridized carbons (Fsp3) is 0.769. The summed E-state index contributed by atoms with van der Waals surface area (Å²) in [4.78, 5) is 42.8. The van der Waals surface area contributed by atoms with Gasteiger partial charge in [0.15, 0.2) is 27.5 Å². The maximum atomic E-state index is 14.3. The predicted octanol–water partition coefficient (Wildman–Crippen LogP) is 2.42. The molecule has 3 saturated heterocycles. The molecule has 3 aliphatic rings. The largest absolute Gasteiger partial charge is 0.458 e. The van der Waals surface area contributed by atoms with Crippen molar-refractivity contribution >= 4 is 27.7 Å². The Hall–Kier alpha value is -2.70. The van der Waals surface area contributed by atoms with Crippen LogP contribution in [0.5, 0.6) is 0 Å². The average molecular weight is 797 g/mol. The number of carbonyl (C=O) groups is 3. The van der Waals surface area contributed by atoms with Gasteiger partial charge in [0.2, 0.25) is 0 Å². The second-order valence-corrected chi connectivity index (χ2v) is 18.5. The third-order valence-electron chi connectivity index (χ3n) is 11.8. The number of alkyl carbamates (subject to hydrolysis) is 1. The van der Waals surface area contributed by atoms with Gasteiger partial charge in [-0.3, -0.25) is 9.59 Å². The van der Waals surface area contributed by atoms with Crippen LogP contribution in [-0.2, 0) is 49.7 Å². The molecule has 0 radical (unpaired) electrons. The number of benzene rings is 1. The van der Waals surface area contributed by atoms with Crippen molar-refractivity contribution < 1.29 is 51.6 Å². The highest BCUT2D eigenvalue weighted by atomic mass is 32.2. The molecule has 3 unspecified atom stereocenters. The molecule has 55 heavy (non-hydrogen) atoms. The SMILES string of the molecule is CC[C@@H]1OC(=O)C(C)C(=O)[C@H](C)[C@@H](O[C@@H]2O[C@H](CNCc3ccc(S(C)(=O)=O)cc3)CC(N(C)C)C2O)[C@](C)(OC)C[C@@H](C)CN[C@H](C)[C@H]2NC(=O)O[C@]12C. The number of fused-ring (bicyclic) bond motifs is 1. The number of carbonyl (C=O) groups excluding carboxylic acids is 3. The number of methoxy groups -OCH3 is 1. The van der Waals surface area contributed by atoms with Gasteiger partial charge in [0.25, 0.3) is 0 Å². The number of cyclic esters (lactones) is 1. The Morgan fingerprint density at radius 2 is 1.73 bits per heavy atom. The summed E-state index contributed by atoms with van der Waals surface area (Å²) in [5, 5.41) is 21.5. The van der Waals surface area contributed by atoms with Crippen molar-refractivity contribution in [3.8, 4) is 0 Å². The topological polar surface area (TPSA) is 191 Å². The lowest BCUT2D eigenvalue weighted by Gasteiger charge is -2.47. The van der Waals surface area contributed by atoms with Crippen molar-refractivity contribution in [1.29, 1.82) is 0 Å². The van der Waals surface area contributed by atoms with Crippen molar-refractivity contribution in [1.82, 2.24) is 20.9 Å². The first-order valence-electron chi connectivity index (χ1n) is 19.3. The highest BCUT2D eigenvalue weighted by molar-refractivity contribution is 7.90. The minimum atomic E-state index is -3.31.